The number of aromatic nitrogens is 4. The normalized spacial score (nSPS) is 15.1. The Morgan fingerprint density at radius 3 is 2.42 bits per heavy atom. The van der Waals surface area contributed by atoms with E-state index in [2.05, 4.69) is 32.8 Å². The van der Waals surface area contributed by atoms with Gasteiger partial charge >= 0.3 is 5.69 Å². The lowest BCUT2D eigenvalue weighted by Gasteiger charge is -2.37. The number of fused-ring (bicyclic) bond motifs is 1. The third-order valence-electron chi connectivity index (χ3n) is 5.10. The standard InChI is InChI=1S/C18H21ClN6O/c1-12-4-5-13(19)10-14(12)24-6-8-25(9-7-24)17-15-16(20-11-21-17)23(3)18(26)22(15)2/h4-5,10-11H,6-9H2,1-3H3. The van der Waals surface area contributed by atoms with Crippen LogP contribution in [-0.2, 0) is 14.1 Å². The van der Waals surface area contributed by atoms with E-state index in [1.165, 1.54) is 17.6 Å². The van der Waals surface area contributed by atoms with E-state index in [-0.39, 0.29) is 5.69 Å². The van der Waals surface area contributed by atoms with Crippen LogP contribution in [-0.4, -0.2) is 45.3 Å². The number of nitrogens with zero attached hydrogens (tertiary/aromatic N) is 6. The van der Waals surface area contributed by atoms with Gasteiger partial charge in [0, 0.05) is 51.0 Å². The molecule has 136 valence electrons. The van der Waals surface area contributed by atoms with Gasteiger partial charge in [-0.05, 0) is 24.6 Å². The zero-order chi connectivity index (χ0) is 18.4. The zero-order valence-electron chi connectivity index (χ0n) is 15.1. The van der Waals surface area contributed by atoms with Gasteiger partial charge in [0.15, 0.2) is 11.5 Å². The van der Waals surface area contributed by atoms with E-state index >= 15 is 0 Å². The van der Waals surface area contributed by atoms with Crippen molar-refractivity contribution < 1.29 is 0 Å². The molecule has 0 atom stereocenters. The van der Waals surface area contributed by atoms with Crippen LogP contribution < -0.4 is 15.5 Å². The van der Waals surface area contributed by atoms with Crippen molar-refractivity contribution in [2.24, 2.45) is 14.1 Å². The summed E-state index contributed by atoms with van der Waals surface area (Å²) < 4.78 is 3.18. The summed E-state index contributed by atoms with van der Waals surface area (Å²) in [6.07, 6.45) is 1.53. The number of hydrogen-bond donors (Lipinski definition) is 0. The second-order valence-corrected chi connectivity index (χ2v) is 7.11. The number of imidazole rings is 1. The Labute approximate surface area is 156 Å². The lowest BCUT2D eigenvalue weighted by atomic mass is 10.1. The highest BCUT2D eigenvalue weighted by molar-refractivity contribution is 6.30. The maximum atomic E-state index is 12.2. The first kappa shape index (κ1) is 16.9. The van der Waals surface area contributed by atoms with Crippen molar-refractivity contribution in [3.05, 3.63) is 45.6 Å². The van der Waals surface area contributed by atoms with Crippen LogP contribution in [0.25, 0.3) is 11.2 Å². The molecule has 0 aliphatic carbocycles. The van der Waals surface area contributed by atoms with E-state index in [9.17, 15) is 4.79 Å². The van der Waals surface area contributed by atoms with Crippen molar-refractivity contribution in [2.45, 2.75) is 6.92 Å². The van der Waals surface area contributed by atoms with Crippen LogP contribution in [0.5, 0.6) is 0 Å². The first-order chi connectivity index (χ1) is 12.5. The number of hydrogen-bond acceptors (Lipinski definition) is 5. The average molecular weight is 373 g/mol. The molecule has 0 saturated carbocycles. The van der Waals surface area contributed by atoms with Crippen LogP contribution in [0.3, 0.4) is 0 Å². The second kappa shape index (κ2) is 6.32. The SMILES string of the molecule is Cc1ccc(Cl)cc1N1CCN(c2ncnc3c2n(C)c(=O)n3C)CC1. The largest absolute Gasteiger partial charge is 0.368 e. The summed E-state index contributed by atoms with van der Waals surface area (Å²) >= 11 is 6.17. The molecule has 3 aromatic rings. The Morgan fingerprint density at radius 2 is 1.69 bits per heavy atom. The monoisotopic (exact) mass is 372 g/mol. The maximum Gasteiger partial charge on any atom is 0.329 e. The van der Waals surface area contributed by atoms with E-state index in [1.807, 2.05) is 12.1 Å². The fraction of sp³-hybridized carbons (Fsp3) is 0.389. The molecular formula is C18H21ClN6O. The number of benzene rings is 1. The maximum absolute atomic E-state index is 12.2. The predicted octanol–water partition coefficient (Wildman–Crippen LogP) is 1.96. The molecule has 0 N–H and O–H groups in total. The van der Waals surface area contributed by atoms with Crippen LogP contribution in [0.1, 0.15) is 5.56 Å². The summed E-state index contributed by atoms with van der Waals surface area (Å²) in [4.78, 5) is 25.6. The van der Waals surface area contributed by atoms with Crippen LogP contribution in [0.2, 0.25) is 5.02 Å². The third kappa shape index (κ3) is 2.63. The lowest BCUT2D eigenvalue weighted by Crippen LogP contribution is -2.47. The molecule has 0 radical (unpaired) electrons. The molecule has 1 aromatic carbocycles. The summed E-state index contributed by atoms with van der Waals surface area (Å²) in [6.45, 7) is 5.48. The molecule has 1 aliphatic rings. The summed E-state index contributed by atoms with van der Waals surface area (Å²) in [5.74, 6) is 0.817. The quantitative estimate of drug-likeness (QED) is 0.688. The van der Waals surface area contributed by atoms with Crippen molar-refractivity contribution >= 4 is 34.3 Å². The summed E-state index contributed by atoms with van der Waals surface area (Å²) in [6, 6.07) is 6.00. The van der Waals surface area contributed by atoms with E-state index in [4.69, 9.17) is 11.6 Å². The molecule has 1 fully saturated rings. The molecule has 8 heteroatoms. The minimum Gasteiger partial charge on any atom is -0.368 e. The molecular weight excluding hydrogens is 352 g/mol. The van der Waals surface area contributed by atoms with E-state index < -0.39 is 0 Å². The first-order valence-electron chi connectivity index (χ1n) is 8.60. The molecule has 26 heavy (non-hydrogen) atoms. The van der Waals surface area contributed by atoms with Gasteiger partial charge in [0.2, 0.25) is 0 Å². The Hall–Kier alpha value is -2.54. The topological polar surface area (TPSA) is 59.2 Å². The average Bonchev–Trinajstić information content (AvgIpc) is 2.88. The molecule has 0 unspecified atom stereocenters. The van der Waals surface area contributed by atoms with Crippen LogP contribution in [0.4, 0.5) is 11.5 Å². The lowest BCUT2D eigenvalue weighted by molar-refractivity contribution is 0.646. The first-order valence-corrected chi connectivity index (χ1v) is 8.97. The molecule has 0 bridgehead atoms. The molecule has 7 nitrogen and oxygen atoms in total. The van der Waals surface area contributed by atoms with Crippen molar-refractivity contribution in [2.75, 3.05) is 36.0 Å². The minimum absolute atomic E-state index is 0.0880. The molecule has 3 heterocycles. The van der Waals surface area contributed by atoms with E-state index in [0.29, 0.717) is 5.65 Å². The highest BCUT2D eigenvalue weighted by atomic mass is 35.5. The van der Waals surface area contributed by atoms with Crippen LogP contribution in [0.15, 0.2) is 29.3 Å². The van der Waals surface area contributed by atoms with Gasteiger partial charge in [-0.1, -0.05) is 17.7 Å². The molecule has 0 amide bonds. The van der Waals surface area contributed by atoms with Gasteiger partial charge in [0.05, 0.1) is 0 Å². The Bertz CT molecular complexity index is 1030. The summed E-state index contributed by atoms with van der Waals surface area (Å²) in [5, 5.41) is 0.754. The summed E-state index contributed by atoms with van der Waals surface area (Å²) in [7, 11) is 3.50. The number of rotatable bonds is 2. The number of halogens is 1. The van der Waals surface area contributed by atoms with Gasteiger partial charge in [-0.15, -0.1) is 0 Å². The van der Waals surface area contributed by atoms with Crippen molar-refractivity contribution in [1.82, 2.24) is 19.1 Å². The number of anilines is 2. The fourth-order valence-corrected chi connectivity index (χ4v) is 3.80. The van der Waals surface area contributed by atoms with Crippen LogP contribution >= 0.6 is 11.6 Å². The molecule has 4 rings (SSSR count). The van der Waals surface area contributed by atoms with Crippen molar-refractivity contribution in [3.8, 4) is 0 Å². The van der Waals surface area contributed by atoms with Gasteiger partial charge in [-0.2, -0.15) is 0 Å². The van der Waals surface area contributed by atoms with Gasteiger partial charge in [0.25, 0.3) is 0 Å². The zero-order valence-corrected chi connectivity index (χ0v) is 15.9. The molecule has 1 saturated heterocycles. The molecule has 2 aromatic heterocycles. The molecule has 1 aliphatic heterocycles. The van der Waals surface area contributed by atoms with Gasteiger partial charge in [-0.3, -0.25) is 9.13 Å². The highest BCUT2D eigenvalue weighted by Crippen LogP contribution is 2.27. The fourth-order valence-electron chi connectivity index (χ4n) is 3.63. The Balaban J connectivity index is 1.63. The number of piperazine rings is 1. The van der Waals surface area contributed by atoms with Crippen molar-refractivity contribution in [3.63, 3.8) is 0 Å². The van der Waals surface area contributed by atoms with Gasteiger partial charge in [-0.25, -0.2) is 14.8 Å². The third-order valence-corrected chi connectivity index (χ3v) is 5.34. The number of aryl methyl sites for hydroxylation is 3. The predicted molar refractivity (Wildman–Crippen MR) is 104 cm³/mol. The van der Waals surface area contributed by atoms with Gasteiger partial charge < -0.3 is 9.80 Å². The second-order valence-electron chi connectivity index (χ2n) is 6.68. The Morgan fingerprint density at radius 1 is 1.00 bits per heavy atom. The van der Waals surface area contributed by atoms with Crippen molar-refractivity contribution in [1.29, 1.82) is 0 Å². The van der Waals surface area contributed by atoms with Crippen LogP contribution in [0, 0.1) is 6.92 Å². The highest BCUT2D eigenvalue weighted by Gasteiger charge is 2.23. The Kier molecular flexibility index (Phi) is 4.11. The molecule has 0 spiro atoms. The van der Waals surface area contributed by atoms with E-state index in [0.717, 1.165) is 42.5 Å². The minimum atomic E-state index is -0.0880. The summed E-state index contributed by atoms with van der Waals surface area (Å²) in [5.41, 5.74) is 3.76. The smallest absolute Gasteiger partial charge is 0.329 e. The van der Waals surface area contributed by atoms with Gasteiger partial charge in [0.1, 0.15) is 11.8 Å². The van der Waals surface area contributed by atoms with E-state index in [1.54, 1.807) is 23.2 Å².